The van der Waals surface area contributed by atoms with E-state index in [1.807, 2.05) is 43.3 Å². The summed E-state index contributed by atoms with van der Waals surface area (Å²) in [7, 11) is 1.59. The Kier molecular flexibility index (Phi) is 8.52. The van der Waals surface area contributed by atoms with Crippen LogP contribution in [0.15, 0.2) is 48.5 Å². The summed E-state index contributed by atoms with van der Waals surface area (Å²) in [5, 5.41) is 0. The zero-order valence-corrected chi connectivity index (χ0v) is 17.5. The molecule has 6 heteroatoms. The van der Waals surface area contributed by atoms with Crippen LogP contribution in [0.25, 0.3) is 0 Å². The van der Waals surface area contributed by atoms with E-state index in [-0.39, 0.29) is 18.2 Å². The van der Waals surface area contributed by atoms with Gasteiger partial charge in [-0.3, -0.25) is 20.4 Å². The third kappa shape index (κ3) is 6.52. The molecule has 0 radical (unpaired) electrons. The molecule has 0 aliphatic heterocycles. The summed E-state index contributed by atoms with van der Waals surface area (Å²) in [6, 6.07) is 14.9. The van der Waals surface area contributed by atoms with Crippen LogP contribution in [0.3, 0.4) is 0 Å². The molecule has 0 saturated carbocycles. The van der Waals surface area contributed by atoms with Crippen molar-refractivity contribution < 1.29 is 19.1 Å². The third-order valence-corrected chi connectivity index (χ3v) is 4.84. The number of rotatable bonds is 9. The molecule has 2 aromatic rings. The van der Waals surface area contributed by atoms with Crippen LogP contribution in [0.2, 0.25) is 0 Å². The van der Waals surface area contributed by atoms with Crippen molar-refractivity contribution in [2.24, 2.45) is 0 Å². The molecule has 0 heterocycles. The van der Waals surface area contributed by atoms with Crippen LogP contribution in [0.5, 0.6) is 11.5 Å². The highest BCUT2D eigenvalue weighted by atomic mass is 16.5. The van der Waals surface area contributed by atoms with Crippen molar-refractivity contribution in [2.45, 2.75) is 52.1 Å². The van der Waals surface area contributed by atoms with Crippen molar-refractivity contribution in [2.75, 3.05) is 7.11 Å². The predicted octanol–water partition coefficient (Wildman–Crippen LogP) is 3.76. The fraction of sp³-hybridized carbons (Fsp3) is 0.391. The first-order chi connectivity index (χ1) is 14.0. The number of carbonyl (C=O) groups excluding carboxylic acids is 2. The van der Waals surface area contributed by atoms with Gasteiger partial charge in [0.1, 0.15) is 11.5 Å². The number of hydrazine groups is 1. The van der Waals surface area contributed by atoms with Gasteiger partial charge in [0.2, 0.25) is 5.91 Å². The topological polar surface area (TPSA) is 76.7 Å². The van der Waals surface area contributed by atoms with Crippen molar-refractivity contribution in [3.63, 3.8) is 0 Å². The zero-order valence-electron chi connectivity index (χ0n) is 17.5. The van der Waals surface area contributed by atoms with E-state index in [2.05, 4.69) is 24.7 Å². The van der Waals surface area contributed by atoms with Crippen LogP contribution in [-0.2, 0) is 16.0 Å². The summed E-state index contributed by atoms with van der Waals surface area (Å²) in [6.45, 7) is 6.11. The maximum Gasteiger partial charge on any atom is 0.279 e. The molecule has 0 aromatic heterocycles. The average Bonchev–Trinajstić information content (AvgIpc) is 2.76. The Labute approximate surface area is 172 Å². The van der Waals surface area contributed by atoms with Crippen LogP contribution in [-0.4, -0.2) is 25.0 Å². The molecular weight excluding hydrogens is 368 g/mol. The second kappa shape index (κ2) is 11.1. The van der Waals surface area contributed by atoms with E-state index in [0.29, 0.717) is 18.1 Å². The van der Waals surface area contributed by atoms with Crippen molar-refractivity contribution in [1.29, 1.82) is 0 Å². The monoisotopic (exact) mass is 398 g/mol. The highest BCUT2D eigenvalue weighted by Crippen LogP contribution is 2.29. The SMILES string of the molecule is CCC(Oc1ccccc1C(C)CC)C(=O)NNC(=O)Cc1ccc(OC)cc1. The van der Waals surface area contributed by atoms with E-state index >= 15 is 0 Å². The Bertz CT molecular complexity index is 805. The molecule has 2 unspecified atom stereocenters. The van der Waals surface area contributed by atoms with Gasteiger partial charge in [0.15, 0.2) is 6.10 Å². The second-order valence-corrected chi connectivity index (χ2v) is 6.92. The summed E-state index contributed by atoms with van der Waals surface area (Å²) < 4.78 is 11.1. The molecule has 0 aliphatic carbocycles. The van der Waals surface area contributed by atoms with Crippen LogP contribution >= 0.6 is 0 Å². The van der Waals surface area contributed by atoms with E-state index in [0.717, 1.165) is 23.3 Å². The molecule has 2 rings (SSSR count). The van der Waals surface area contributed by atoms with Crippen molar-refractivity contribution in [3.05, 3.63) is 59.7 Å². The Morgan fingerprint density at radius 3 is 2.28 bits per heavy atom. The first-order valence-electron chi connectivity index (χ1n) is 9.95. The lowest BCUT2D eigenvalue weighted by Gasteiger charge is -2.21. The normalized spacial score (nSPS) is 12.6. The number of nitrogens with one attached hydrogen (secondary N) is 2. The van der Waals surface area contributed by atoms with Crippen LogP contribution in [0.4, 0.5) is 0 Å². The number of amides is 2. The molecule has 2 amide bonds. The first-order valence-corrected chi connectivity index (χ1v) is 9.95. The van der Waals surface area contributed by atoms with Gasteiger partial charge < -0.3 is 9.47 Å². The fourth-order valence-corrected chi connectivity index (χ4v) is 2.88. The molecule has 0 spiro atoms. The summed E-state index contributed by atoms with van der Waals surface area (Å²) in [6.07, 6.45) is 0.917. The van der Waals surface area contributed by atoms with Crippen LogP contribution in [0, 0.1) is 0 Å². The third-order valence-electron chi connectivity index (χ3n) is 4.84. The van der Waals surface area contributed by atoms with Crippen molar-refractivity contribution >= 4 is 11.8 Å². The molecule has 2 atom stereocenters. The minimum Gasteiger partial charge on any atom is -0.497 e. The molecule has 29 heavy (non-hydrogen) atoms. The second-order valence-electron chi connectivity index (χ2n) is 6.92. The lowest BCUT2D eigenvalue weighted by molar-refractivity contribution is -0.133. The Balaban J connectivity index is 1.92. The molecular formula is C23H30N2O4. The minimum absolute atomic E-state index is 0.152. The van der Waals surface area contributed by atoms with Crippen molar-refractivity contribution in [3.8, 4) is 11.5 Å². The largest absolute Gasteiger partial charge is 0.497 e. The lowest BCUT2D eigenvalue weighted by atomic mass is 9.98. The van der Waals surface area contributed by atoms with E-state index in [4.69, 9.17) is 9.47 Å². The number of hydrogen-bond donors (Lipinski definition) is 2. The Hall–Kier alpha value is -3.02. The standard InChI is InChI=1S/C23H30N2O4/c1-5-16(3)19-9-7-8-10-21(19)29-20(6-2)23(27)25-24-22(26)15-17-11-13-18(28-4)14-12-17/h7-14,16,20H,5-6,15H2,1-4H3,(H,24,26)(H,25,27). The molecule has 0 bridgehead atoms. The van der Waals surface area contributed by atoms with Gasteiger partial charge in [-0.2, -0.15) is 0 Å². The molecule has 156 valence electrons. The van der Waals surface area contributed by atoms with Gasteiger partial charge in [-0.25, -0.2) is 0 Å². The minimum atomic E-state index is -0.693. The summed E-state index contributed by atoms with van der Waals surface area (Å²) in [4.78, 5) is 24.6. The van der Waals surface area contributed by atoms with Gasteiger partial charge in [0.25, 0.3) is 5.91 Å². The van der Waals surface area contributed by atoms with Gasteiger partial charge in [0, 0.05) is 0 Å². The van der Waals surface area contributed by atoms with E-state index < -0.39 is 6.10 Å². The lowest BCUT2D eigenvalue weighted by Crippen LogP contribution is -2.48. The first kappa shape index (κ1) is 22.3. The van der Waals surface area contributed by atoms with E-state index in [1.165, 1.54) is 0 Å². The van der Waals surface area contributed by atoms with Crippen LogP contribution in [0.1, 0.15) is 50.7 Å². The summed E-state index contributed by atoms with van der Waals surface area (Å²) in [5.41, 5.74) is 6.83. The quantitative estimate of drug-likeness (QED) is 0.631. The van der Waals surface area contributed by atoms with Crippen LogP contribution < -0.4 is 20.3 Å². The smallest absolute Gasteiger partial charge is 0.279 e. The van der Waals surface area contributed by atoms with E-state index in [1.54, 1.807) is 19.2 Å². The number of methoxy groups -OCH3 is 1. The molecule has 2 aromatic carbocycles. The molecule has 2 N–H and O–H groups in total. The number of ether oxygens (including phenoxy) is 2. The molecule has 0 aliphatic rings. The van der Waals surface area contributed by atoms with Gasteiger partial charge in [-0.05, 0) is 48.1 Å². The highest BCUT2D eigenvalue weighted by Gasteiger charge is 2.21. The van der Waals surface area contributed by atoms with Gasteiger partial charge >= 0.3 is 0 Å². The van der Waals surface area contributed by atoms with Crippen molar-refractivity contribution in [1.82, 2.24) is 10.9 Å². The zero-order chi connectivity index (χ0) is 21.2. The molecule has 6 nitrogen and oxygen atoms in total. The predicted molar refractivity (Wildman–Crippen MR) is 113 cm³/mol. The Morgan fingerprint density at radius 1 is 0.966 bits per heavy atom. The summed E-state index contributed by atoms with van der Waals surface area (Å²) >= 11 is 0. The highest BCUT2D eigenvalue weighted by molar-refractivity contribution is 5.85. The number of para-hydroxylation sites is 1. The summed E-state index contributed by atoms with van der Waals surface area (Å²) in [5.74, 6) is 1.07. The maximum absolute atomic E-state index is 12.5. The van der Waals surface area contributed by atoms with Gasteiger partial charge in [-0.1, -0.05) is 51.1 Å². The Morgan fingerprint density at radius 2 is 1.66 bits per heavy atom. The van der Waals surface area contributed by atoms with E-state index in [9.17, 15) is 9.59 Å². The van der Waals surface area contributed by atoms with Gasteiger partial charge in [-0.15, -0.1) is 0 Å². The average molecular weight is 399 g/mol. The molecule has 0 fully saturated rings. The number of benzene rings is 2. The number of hydrogen-bond acceptors (Lipinski definition) is 4. The fourth-order valence-electron chi connectivity index (χ4n) is 2.88. The van der Waals surface area contributed by atoms with Gasteiger partial charge in [0.05, 0.1) is 13.5 Å². The maximum atomic E-state index is 12.5. The molecule has 0 saturated heterocycles. The number of carbonyl (C=O) groups is 2.